The molecule has 0 aliphatic heterocycles. The second kappa shape index (κ2) is 6.42. The van der Waals surface area contributed by atoms with Crippen LogP contribution in [0.1, 0.15) is 11.1 Å². The van der Waals surface area contributed by atoms with Crippen molar-refractivity contribution < 1.29 is 0 Å². The Morgan fingerprint density at radius 3 is 2.68 bits per heavy atom. The summed E-state index contributed by atoms with van der Waals surface area (Å²) in [5, 5.41) is 0.730. The van der Waals surface area contributed by atoms with Crippen LogP contribution >= 0.6 is 27.5 Å². The zero-order valence-electron chi connectivity index (χ0n) is 10.7. The molecule has 0 aromatic heterocycles. The van der Waals surface area contributed by atoms with Crippen molar-refractivity contribution in [1.82, 2.24) is 0 Å². The smallest absolute Gasteiger partial charge is 0.0427 e. The molecule has 0 aliphatic carbocycles. The Balaban J connectivity index is 2.24. The first-order valence-corrected chi connectivity index (χ1v) is 7.21. The summed E-state index contributed by atoms with van der Waals surface area (Å²) in [6.07, 6.45) is 0. The molecule has 0 saturated carbocycles. The molecular weight excluding hydrogens is 324 g/mol. The van der Waals surface area contributed by atoms with E-state index in [4.69, 9.17) is 17.3 Å². The monoisotopic (exact) mass is 338 g/mol. The molecule has 0 atom stereocenters. The lowest BCUT2D eigenvalue weighted by Crippen LogP contribution is -2.19. The Morgan fingerprint density at radius 1 is 1.21 bits per heavy atom. The number of nitrogens with two attached hydrogens (primary N) is 1. The average Bonchev–Trinajstić information content (AvgIpc) is 2.38. The molecule has 0 bridgehead atoms. The van der Waals surface area contributed by atoms with Gasteiger partial charge in [0.1, 0.15) is 0 Å². The summed E-state index contributed by atoms with van der Waals surface area (Å²) >= 11 is 9.56. The van der Waals surface area contributed by atoms with Crippen LogP contribution in [0.15, 0.2) is 46.9 Å². The number of halogens is 2. The van der Waals surface area contributed by atoms with Gasteiger partial charge in [-0.15, -0.1) is 0 Å². The van der Waals surface area contributed by atoms with Crippen molar-refractivity contribution in [3.63, 3.8) is 0 Å². The van der Waals surface area contributed by atoms with E-state index in [1.54, 1.807) is 0 Å². The minimum absolute atomic E-state index is 0.509. The van der Waals surface area contributed by atoms with E-state index in [0.29, 0.717) is 6.54 Å². The highest BCUT2D eigenvalue weighted by atomic mass is 79.9. The number of hydrogen-bond donors (Lipinski definition) is 1. The summed E-state index contributed by atoms with van der Waals surface area (Å²) < 4.78 is 1.09. The van der Waals surface area contributed by atoms with Gasteiger partial charge >= 0.3 is 0 Å². The predicted molar refractivity (Wildman–Crippen MR) is 85.6 cm³/mol. The van der Waals surface area contributed by atoms with E-state index in [0.717, 1.165) is 27.3 Å². The van der Waals surface area contributed by atoms with Crippen molar-refractivity contribution in [3.8, 4) is 0 Å². The van der Waals surface area contributed by atoms with Gasteiger partial charge in [-0.2, -0.15) is 0 Å². The third-order valence-corrected chi connectivity index (χ3v) is 3.72. The van der Waals surface area contributed by atoms with E-state index in [2.05, 4.69) is 33.0 Å². The van der Waals surface area contributed by atoms with Crippen LogP contribution in [0.2, 0.25) is 5.02 Å². The van der Waals surface area contributed by atoms with Crippen LogP contribution in [-0.2, 0) is 13.1 Å². The van der Waals surface area contributed by atoms with Gasteiger partial charge in [-0.1, -0.05) is 45.7 Å². The second-order valence-electron chi connectivity index (χ2n) is 4.46. The summed E-state index contributed by atoms with van der Waals surface area (Å²) in [5.41, 5.74) is 9.19. The molecule has 19 heavy (non-hydrogen) atoms. The molecule has 0 spiro atoms. The summed E-state index contributed by atoms with van der Waals surface area (Å²) in [5.74, 6) is 0. The Hall–Kier alpha value is -1.03. The number of rotatable bonds is 4. The lowest BCUT2D eigenvalue weighted by molar-refractivity contribution is 0.903. The Bertz CT molecular complexity index is 572. The average molecular weight is 340 g/mol. The van der Waals surface area contributed by atoms with Crippen molar-refractivity contribution >= 4 is 33.2 Å². The Labute approximate surface area is 127 Å². The minimum atomic E-state index is 0.509. The highest BCUT2D eigenvalue weighted by molar-refractivity contribution is 9.10. The van der Waals surface area contributed by atoms with Crippen molar-refractivity contribution in [2.24, 2.45) is 5.73 Å². The van der Waals surface area contributed by atoms with Crippen molar-refractivity contribution in [2.45, 2.75) is 13.1 Å². The van der Waals surface area contributed by atoms with Crippen molar-refractivity contribution in [1.29, 1.82) is 0 Å². The van der Waals surface area contributed by atoms with E-state index < -0.39 is 0 Å². The molecule has 100 valence electrons. The molecule has 0 fully saturated rings. The van der Waals surface area contributed by atoms with E-state index in [-0.39, 0.29) is 0 Å². The third-order valence-electron chi connectivity index (χ3n) is 2.99. The first-order valence-electron chi connectivity index (χ1n) is 6.04. The van der Waals surface area contributed by atoms with Gasteiger partial charge in [-0.05, 0) is 35.4 Å². The highest BCUT2D eigenvalue weighted by Gasteiger charge is 2.08. The second-order valence-corrected chi connectivity index (χ2v) is 5.82. The SMILES string of the molecule is CN(Cc1cccc(Br)c1)c1cc(Cl)ccc1CN. The quantitative estimate of drug-likeness (QED) is 0.904. The van der Waals surface area contributed by atoms with Gasteiger partial charge in [-0.25, -0.2) is 0 Å². The molecule has 2 nitrogen and oxygen atoms in total. The van der Waals surface area contributed by atoms with Crippen molar-refractivity contribution in [2.75, 3.05) is 11.9 Å². The zero-order chi connectivity index (χ0) is 13.8. The molecule has 4 heteroatoms. The van der Waals surface area contributed by atoms with E-state index in [1.165, 1.54) is 5.56 Å². The van der Waals surface area contributed by atoms with Gasteiger partial charge in [0, 0.05) is 35.3 Å². The molecule has 0 radical (unpaired) electrons. The molecule has 2 aromatic carbocycles. The van der Waals surface area contributed by atoms with Gasteiger partial charge in [-0.3, -0.25) is 0 Å². The molecule has 2 rings (SSSR count). The number of benzene rings is 2. The third kappa shape index (κ3) is 3.72. The molecule has 0 unspecified atom stereocenters. The topological polar surface area (TPSA) is 29.3 Å². The number of anilines is 1. The molecule has 0 amide bonds. The minimum Gasteiger partial charge on any atom is -0.370 e. The lowest BCUT2D eigenvalue weighted by atomic mass is 10.1. The number of nitrogens with zero attached hydrogens (tertiary/aromatic N) is 1. The Morgan fingerprint density at radius 2 is 2.00 bits per heavy atom. The first kappa shape index (κ1) is 14.4. The van der Waals surface area contributed by atoms with Crippen LogP contribution < -0.4 is 10.6 Å². The van der Waals surface area contributed by atoms with Gasteiger partial charge in [0.25, 0.3) is 0 Å². The van der Waals surface area contributed by atoms with Gasteiger partial charge < -0.3 is 10.6 Å². The van der Waals surface area contributed by atoms with Crippen LogP contribution in [0, 0.1) is 0 Å². The predicted octanol–water partition coefficient (Wildman–Crippen LogP) is 4.20. The standard InChI is InChI=1S/C15H16BrClN2/c1-19(10-11-3-2-4-13(16)7-11)15-8-14(17)6-5-12(15)9-18/h2-8H,9-10,18H2,1H3. The molecule has 0 aliphatic rings. The van der Waals surface area contributed by atoms with Crippen LogP contribution in [0.25, 0.3) is 0 Å². The van der Waals surface area contributed by atoms with Gasteiger partial charge in [0.2, 0.25) is 0 Å². The largest absolute Gasteiger partial charge is 0.370 e. The summed E-state index contributed by atoms with van der Waals surface area (Å²) in [4.78, 5) is 2.16. The fourth-order valence-corrected chi connectivity index (χ4v) is 2.67. The maximum absolute atomic E-state index is 6.07. The molecule has 0 heterocycles. The maximum atomic E-state index is 6.07. The van der Waals surface area contributed by atoms with Crippen LogP contribution in [-0.4, -0.2) is 7.05 Å². The van der Waals surface area contributed by atoms with Crippen molar-refractivity contribution in [3.05, 3.63) is 63.1 Å². The zero-order valence-corrected chi connectivity index (χ0v) is 13.1. The molecule has 0 saturated heterocycles. The van der Waals surface area contributed by atoms with E-state index >= 15 is 0 Å². The fourth-order valence-electron chi connectivity index (χ4n) is 2.06. The maximum Gasteiger partial charge on any atom is 0.0427 e. The normalized spacial score (nSPS) is 10.5. The fraction of sp³-hybridized carbons (Fsp3) is 0.200. The molecule has 2 N–H and O–H groups in total. The van der Waals surface area contributed by atoms with Crippen LogP contribution in [0.4, 0.5) is 5.69 Å². The van der Waals surface area contributed by atoms with E-state index in [9.17, 15) is 0 Å². The molecule has 2 aromatic rings. The molecular formula is C15H16BrClN2. The summed E-state index contributed by atoms with van der Waals surface area (Å²) in [6.45, 7) is 1.32. The summed E-state index contributed by atoms with van der Waals surface area (Å²) in [6, 6.07) is 14.1. The van der Waals surface area contributed by atoms with Crippen LogP contribution in [0.3, 0.4) is 0 Å². The lowest BCUT2D eigenvalue weighted by Gasteiger charge is -2.22. The number of hydrogen-bond acceptors (Lipinski definition) is 2. The van der Waals surface area contributed by atoms with Gasteiger partial charge in [0.05, 0.1) is 0 Å². The van der Waals surface area contributed by atoms with Gasteiger partial charge in [0.15, 0.2) is 0 Å². The highest BCUT2D eigenvalue weighted by Crippen LogP contribution is 2.25. The van der Waals surface area contributed by atoms with Crippen LogP contribution in [0.5, 0.6) is 0 Å². The van der Waals surface area contributed by atoms with E-state index in [1.807, 2.05) is 37.4 Å². The summed E-state index contributed by atoms with van der Waals surface area (Å²) in [7, 11) is 2.05. The first-order chi connectivity index (χ1) is 9.10. The Kier molecular flexibility index (Phi) is 4.86.